The predicted molar refractivity (Wildman–Crippen MR) is 290 cm³/mol. The van der Waals surface area contributed by atoms with Gasteiger partial charge in [-0.15, -0.1) is 0 Å². The lowest BCUT2D eigenvalue weighted by molar-refractivity contribution is 0.590. The Morgan fingerprint density at radius 3 is 1.62 bits per heavy atom. The third-order valence-corrected chi connectivity index (χ3v) is 16.8. The van der Waals surface area contributed by atoms with Crippen LogP contribution in [0.15, 0.2) is 152 Å². The standard InChI is InChI=1S/C65H57BN2/c1-36(2)40-32-47-48-33-41(37(3)4)35-54-61(48)68-59(47)52(34-40)65(49-19-13-11-16-44(49)45-17-12-14-20-50(45)65)51-30-31-55-57(62(51)68)66(54)53-21-15-18-46-56(38-22-26-42(27-23-38)63(5,6)7)58(67(55)60(46)53)39-24-28-43(29-25-39)64(8,9)10/h11-37H,1-10H3. The Hall–Kier alpha value is -6.84. The molecule has 10 aromatic rings. The molecule has 330 valence electrons. The van der Waals surface area contributed by atoms with Gasteiger partial charge in [-0.3, -0.25) is 0 Å². The molecule has 1 aliphatic carbocycles. The number of nitrogens with zero attached hydrogens (tertiary/aromatic N) is 2. The Kier molecular flexibility index (Phi) is 7.83. The summed E-state index contributed by atoms with van der Waals surface area (Å²) in [6.45, 7) is 23.4. The van der Waals surface area contributed by atoms with Gasteiger partial charge >= 0.3 is 0 Å². The first-order valence-corrected chi connectivity index (χ1v) is 25.1. The Morgan fingerprint density at radius 1 is 0.456 bits per heavy atom. The molecule has 8 aromatic carbocycles. The van der Waals surface area contributed by atoms with E-state index in [1.165, 1.54) is 138 Å². The molecule has 14 rings (SSSR count). The molecule has 4 aliphatic rings. The molecule has 0 atom stereocenters. The number of hydrogen-bond donors (Lipinski definition) is 0. The Morgan fingerprint density at radius 2 is 1.01 bits per heavy atom. The fourth-order valence-electron chi connectivity index (χ4n) is 13.5. The lowest BCUT2D eigenvalue weighted by Gasteiger charge is -2.44. The maximum atomic E-state index is 2.77. The van der Waals surface area contributed by atoms with Crippen LogP contribution in [0.3, 0.4) is 0 Å². The Labute approximate surface area is 401 Å². The number of rotatable bonds is 4. The van der Waals surface area contributed by atoms with Crippen molar-refractivity contribution >= 4 is 55.8 Å². The highest BCUT2D eigenvalue weighted by Gasteiger charge is 2.54. The third kappa shape index (κ3) is 4.90. The van der Waals surface area contributed by atoms with E-state index in [0.29, 0.717) is 11.8 Å². The van der Waals surface area contributed by atoms with E-state index >= 15 is 0 Å². The Bertz CT molecular complexity index is 3810. The predicted octanol–water partition coefficient (Wildman–Crippen LogP) is 14.7. The van der Waals surface area contributed by atoms with Gasteiger partial charge in [0.25, 0.3) is 6.71 Å². The third-order valence-electron chi connectivity index (χ3n) is 16.8. The van der Waals surface area contributed by atoms with Crippen LogP contribution in [-0.4, -0.2) is 15.8 Å². The average Bonchev–Trinajstić information content (AvgIpc) is 3.96. The first kappa shape index (κ1) is 40.3. The van der Waals surface area contributed by atoms with Crippen LogP contribution in [0.1, 0.15) is 126 Å². The molecule has 1 spiro atoms. The highest BCUT2D eigenvalue weighted by atomic mass is 15.1. The van der Waals surface area contributed by atoms with E-state index < -0.39 is 5.41 Å². The van der Waals surface area contributed by atoms with Gasteiger partial charge in [0, 0.05) is 44.1 Å². The smallest absolute Gasteiger partial charge is 0.252 e. The number of fused-ring (bicyclic) bond motifs is 11. The second-order valence-electron chi connectivity index (χ2n) is 23.2. The molecule has 0 bridgehead atoms. The molecule has 0 saturated heterocycles. The zero-order valence-corrected chi connectivity index (χ0v) is 41.1. The van der Waals surface area contributed by atoms with E-state index in [4.69, 9.17) is 0 Å². The molecule has 5 heterocycles. The van der Waals surface area contributed by atoms with Gasteiger partial charge in [0.2, 0.25) is 0 Å². The van der Waals surface area contributed by atoms with Crippen LogP contribution in [0.5, 0.6) is 0 Å². The van der Waals surface area contributed by atoms with Crippen LogP contribution in [0.2, 0.25) is 0 Å². The normalized spacial score (nSPS) is 14.7. The summed E-state index contributed by atoms with van der Waals surface area (Å²) in [5.41, 5.74) is 29.4. The van der Waals surface area contributed by atoms with Gasteiger partial charge in [0.15, 0.2) is 0 Å². The van der Waals surface area contributed by atoms with E-state index in [1.54, 1.807) is 0 Å². The minimum absolute atomic E-state index is 0.0337. The lowest BCUT2D eigenvalue weighted by Crippen LogP contribution is -2.60. The molecule has 0 saturated carbocycles. The summed E-state index contributed by atoms with van der Waals surface area (Å²) in [7, 11) is 0. The van der Waals surface area contributed by atoms with Crippen molar-refractivity contribution in [3.05, 3.63) is 196 Å². The minimum atomic E-state index is -0.511. The molecule has 3 heteroatoms. The van der Waals surface area contributed by atoms with Crippen LogP contribution in [-0.2, 0) is 16.2 Å². The first-order chi connectivity index (χ1) is 32.7. The quantitative estimate of drug-likeness (QED) is 0.156. The molecule has 0 amide bonds. The topological polar surface area (TPSA) is 9.86 Å². The largest absolute Gasteiger partial charge is 0.310 e. The molecule has 0 unspecified atom stereocenters. The molecule has 2 nitrogen and oxygen atoms in total. The number of hydrogen-bond acceptors (Lipinski definition) is 0. The molecule has 0 fully saturated rings. The Balaban J connectivity index is 1.20. The molecular weight excluding hydrogens is 820 g/mol. The van der Waals surface area contributed by atoms with Crippen molar-refractivity contribution < 1.29 is 0 Å². The lowest BCUT2D eigenvalue weighted by atomic mass is 9.33. The van der Waals surface area contributed by atoms with Gasteiger partial charge in [-0.25, -0.2) is 0 Å². The van der Waals surface area contributed by atoms with E-state index in [2.05, 4.69) is 230 Å². The van der Waals surface area contributed by atoms with Crippen molar-refractivity contribution in [2.24, 2.45) is 0 Å². The van der Waals surface area contributed by atoms with Gasteiger partial charge in [-0.2, -0.15) is 0 Å². The molecule has 2 aromatic heterocycles. The summed E-state index contributed by atoms with van der Waals surface area (Å²) < 4.78 is 5.47. The van der Waals surface area contributed by atoms with E-state index in [-0.39, 0.29) is 17.5 Å². The van der Waals surface area contributed by atoms with Crippen molar-refractivity contribution in [1.29, 1.82) is 0 Å². The fourth-order valence-corrected chi connectivity index (χ4v) is 13.5. The molecule has 3 aliphatic heterocycles. The maximum absolute atomic E-state index is 2.77. The highest BCUT2D eigenvalue weighted by molar-refractivity contribution is 7.00. The van der Waals surface area contributed by atoms with Gasteiger partial charge < -0.3 is 9.13 Å². The van der Waals surface area contributed by atoms with Crippen molar-refractivity contribution in [3.8, 4) is 44.9 Å². The van der Waals surface area contributed by atoms with E-state index in [9.17, 15) is 0 Å². The molecular formula is C65H57BN2. The first-order valence-electron chi connectivity index (χ1n) is 25.1. The van der Waals surface area contributed by atoms with Crippen molar-refractivity contribution in [3.63, 3.8) is 0 Å². The van der Waals surface area contributed by atoms with Crippen LogP contribution in [0.25, 0.3) is 77.6 Å². The average molecular weight is 877 g/mol. The maximum Gasteiger partial charge on any atom is 0.252 e. The summed E-state index contributed by atoms with van der Waals surface area (Å²) in [4.78, 5) is 0. The van der Waals surface area contributed by atoms with Crippen molar-refractivity contribution in [2.75, 3.05) is 0 Å². The number of benzene rings is 8. The summed E-state index contributed by atoms with van der Waals surface area (Å²) >= 11 is 0. The minimum Gasteiger partial charge on any atom is -0.310 e. The second kappa shape index (κ2) is 13.2. The van der Waals surface area contributed by atoms with E-state index in [0.717, 1.165) is 0 Å². The van der Waals surface area contributed by atoms with Crippen LogP contribution in [0.4, 0.5) is 0 Å². The van der Waals surface area contributed by atoms with Crippen LogP contribution < -0.4 is 16.4 Å². The number of aromatic nitrogens is 2. The van der Waals surface area contributed by atoms with Crippen LogP contribution >= 0.6 is 0 Å². The fraction of sp³-hybridized carbons (Fsp3) is 0.231. The van der Waals surface area contributed by atoms with Crippen LogP contribution in [0, 0.1) is 0 Å². The summed E-state index contributed by atoms with van der Waals surface area (Å²) in [6, 6.07) is 60.3. The van der Waals surface area contributed by atoms with E-state index in [1.807, 2.05) is 0 Å². The molecule has 68 heavy (non-hydrogen) atoms. The summed E-state index contributed by atoms with van der Waals surface area (Å²) in [5.74, 6) is 0.732. The monoisotopic (exact) mass is 876 g/mol. The van der Waals surface area contributed by atoms with Crippen molar-refractivity contribution in [2.45, 2.75) is 97.3 Å². The van der Waals surface area contributed by atoms with Gasteiger partial charge in [0.1, 0.15) is 0 Å². The SMILES string of the molecule is CC(C)c1cc2c3c(c1)c1cc(C(C)C)cc4c1n3-c1c(ccc3c1B2c1cccc2c(-c5ccc(C(C)(C)C)cc5)c(-c5ccc(C(C)(C)C)cc5)n-3c12)C41c2ccccc2-c2ccccc21. The van der Waals surface area contributed by atoms with Gasteiger partial charge in [0.05, 0.1) is 16.6 Å². The molecule has 0 N–H and O–H groups in total. The highest BCUT2D eigenvalue weighted by Crippen LogP contribution is 2.62. The zero-order chi connectivity index (χ0) is 46.5. The van der Waals surface area contributed by atoms with Gasteiger partial charge in [-0.05, 0) is 124 Å². The zero-order valence-electron chi connectivity index (χ0n) is 41.1. The summed E-state index contributed by atoms with van der Waals surface area (Å²) in [6.07, 6.45) is 0. The summed E-state index contributed by atoms with van der Waals surface area (Å²) in [5, 5.41) is 4.08. The van der Waals surface area contributed by atoms with Crippen molar-refractivity contribution in [1.82, 2.24) is 9.13 Å². The molecule has 0 radical (unpaired) electrons. The van der Waals surface area contributed by atoms with Gasteiger partial charge in [-0.1, -0.05) is 203 Å². The second-order valence-corrected chi connectivity index (χ2v) is 23.2. The number of para-hydroxylation sites is 1.